The van der Waals surface area contributed by atoms with E-state index in [1.54, 1.807) is 20.8 Å². The van der Waals surface area contributed by atoms with E-state index in [1.807, 2.05) is 0 Å². The largest absolute Gasteiger partial charge is 0.391 e. The molecule has 3 unspecified atom stereocenters. The normalized spacial score (nSPS) is 17.2. The zero-order chi connectivity index (χ0) is 16.8. The molecule has 4 N–H and O–H groups in total. The van der Waals surface area contributed by atoms with Crippen LogP contribution in [0.4, 0.5) is 0 Å². The Morgan fingerprint density at radius 1 is 0.636 bits per heavy atom. The van der Waals surface area contributed by atoms with Crippen LogP contribution in [-0.2, 0) is 14.2 Å². The summed E-state index contributed by atoms with van der Waals surface area (Å²) in [5, 5.41) is 27.4. The number of hydrogen-bond acceptors (Lipinski definition) is 6. The predicted molar refractivity (Wildman–Crippen MR) is 83.1 cm³/mol. The molecule has 0 saturated heterocycles. The number of rotatable bonds is 15. The van der Waals surface area contributed by atoms with Crippen LogP contribution >= 0.6 is 0 Å². The molecule has 7 nitrogen and oxygen atoms in total. The number of ether oxygens (including phenoxy) is 3. The van der Waals surface area contributed by atoms with Crippen molar-refractivity contribution in [3.8, 4) is 0 Å². The molecule has 22 heavy (non-hydrogen) atoms. The van der Waals surface area contributed by atoms with Crippen LogP contribution in [0, 0.1) is 0 Å². The molecule has 0 saturated carbocycles. The van der Waals surface area contributed by atoms with E-state index in [4.69, 9.17) is 29.5 Å². The van der Waals surface area contributed by atoms with Gasteiger partial charge in [0.2, 0.25) is 0 Å². The lowest BCUT2D eigenvalue weighted by Crippen LogP contribution is -3.13. The van der Waals surface area contributed by atoms with Gasteiger partial charge in [0, 0.05) is 0 Å². The van der Waals surface area contributed by atoms with Gasteiger partial charge in [0.1, 0.15) is 19.6 Å². The first-order valence-corrected chi connectivity index (χ1v) is 8.02. The van der Waals surface area contributed by atoms with Crippen LogP contribution in [0.25, 0.3) is 0 Å². The van der Waals surface area contributed by atoms with Crippen LogP contribution in [0.15, 0.2) is 0 Å². The van der Waals surface area contributed by atoms with Gasteiger partial charge in [0.05, 0.1) is 58.0 Å². The summed E-state index contributed by atoms with van der Waals surface area (Å²) in [6.45, 7) is 10.2. The van der Waals surface area contributed by atoms with Crippen LogP contribution in [0.2, 0.25) is 0 Å². The summed E-state index contributed by atoms with van der Waals surface area (Å²) in [6.07, 6.45) is -1.35. The Morgan fingerprint density at radius 3 is 1.14 bits per heavy atom. The van der Waals surface area contributed by atoms with Crippen molar-refractivity contribution in [2.24, 2.45) is 0 Å². The highest BCUT2D eigenvalue weighted by Crippen LogP contribution is 1.83. The van der Waals surface area contributed by atoms with E-state index < -0.39 is 18.3 Å². The highest BCUT2D eigenvalue weighted by atomic mass is 16.5. The second kappa shape index (κ2) is 14.3. The lowest BCUT2D eigenvalue weighted by molar-refractivity contribution is -0.901. The molecule has 0 amide bonds. The summed E-state index contributed by atoms with van der Waals surface area (Å²) in [7, 11) is 0. The van der Waals surface area contributed by atoms with E-state index in [0.717, 1.165) is 19.6 Å². The maximum Gasteiger partial charge on any atom is 0.101 e. The summed E-state index contributed by atoms with van der Waals surface area (Å²) in [5.41, 5.74) is 0. The molecular weight excluding hydrogens is 290 g/mol. The lowest BCUT2D eigenvalue weighted by atomic mass is 10.4. The van der Waals surface area contributed by atoms with Gasteiger partial charge in [-0.2, -0.15) is 0 Å². The number of aliphatic hydroxyl groups is 3. The van der Waals surface area contributed by atoms with Crippen molar-refractivity contribution in [1.82, 2.24) is 0 Å². The second-order valence-corrected chi connectivity index (χ2v) is 5.77. The fourth-order valence-corrected chi connectivity index (χ4v) is 1.79. The maximum atomic E-state index is 9.15. The Kier molecular flexibility index (Phi) is 14.1. The fourth-order valence-electron chi connectivity index (χ4n) is 1.79. The first kappa shape index (κ1) is 21.7. The van der Waals surface area contributed by atoms with Crippen molar-refractivity contribution in [3.05, 3.63) is 0 Å². The van der Waals surface area contributed by atoms with Crippen LogP contribution in [0.5, 0.6) is 0 Å². The highest BCUT2D eigenvalue weighted by molar-refractivity contribution is 4.44. The smallest absolute Gasteiger partial charge is 0.101 e. The second-order valence-electron chi connectivity index (χ2n) is 5.77. The molecule has 0 aromatic carbocycles. The summed E-state index contributed by atoms with van der Waals surface area (Å²) < 4.78 is 16.1. The van der Waals surface area contributed by atoms with Crippen molar-refractivity contribution in [3.63, 3.8) is 0 Å². The molecule has 0 bridgehead atoms. The van der Waals surface area contributed by atoms with E-state index in [2.05, 4.69) is 0 Å². The molecular formula is C15H34NO6+. The summed E-state index contributed by atoms with van der Waals surface area (Å²) in [5.74, 6) is 0. The van der Waals surface area contributed by atoms with Crippen LogP contribution in [0.3, 0.4) is 0 Å². The van der Waals surface area contributed by atoms with Gasteiger partial charge >= 0.3 is 0 Å². The Hall–Kier alpha value is -0.280. The SMILES string of the molecule is CC(O)COCC[NH+](CCOCC(C)O)CCOCC(C)O. The van der Waals surface area contributed by atoms with Crippen molar-refractivity contribution in [2.45, 2.75) is 39.1 Å². The van der Waals surface area contributed by atoms with Gasteiger partial charge in [-0.3, -0.25) is 0 Å². The molecule has 0 spiro atoms. The van der Waals surface area contributed by atoms with Crippen molar-refractivity contribution in [1.29, 1.82) is 0 Å². The molecule has 0 heterocycles. The van der Waals surface area contributed by atoms with Crippen LogP contribution in [-0.4, -0.2) is 92.9 Å². The van der Waals surface area contributed by atoms with E-state index in [1.165, 1.54) is 4.90 Å². The molecule has 3 atom stereocenters. The van der Waals surface area contributed by atoms with E-state index in [-0.39, 0.29) is 0 Å². The molecule has 0 aliphatic carbocycles. The molecule has 7 heteroatoms. The third kappa shape index (κ3) is 16.1. The Labute approximate surface area is 133 Å². The summed E-state index contributed by atoms with van der Waals surface area (Å²) >= 11 is 0. The van der Waals surface area contributed by atoms with Crippen molar-refractivity contribution in [2.75, 3.05) is 59.3 Å². The van der Waals surface area contributed by atoms with Gasteiger partial charge in [0.25, 0.3) is 0 Å². The molecule has 0 aromatic rings. The number of quaternary nitrogens is 1. The van der Waals surface area contributed by atoms with Gasteiger partial charge in [-0.25, -0.2) is 0 Å². The first-order chi connectivity index (χ1) is 10.4. The monoisotopic (exact) mass is 324 g/mol. The van der Waals surface area contributed by atoms with E-state index >= 15 is 0 Å². The molecule has 134 valence electrons. The third-order valence-electron chi connectivity index (χ3n) is 2.88. The predicted octanol–water partition coefficient (Wildman–Crippen LogP) is -1.94. The van der Waals surface area contributed by atoms with E-state index in [0.29, 0.717) is 39.6 Å². The highest BCUT2D eigenvalue weighted by Gasteiger charge is 2.10. The zero-order valence-corrected chi connectivity index (χ0v) is 14.2. The molecule has 0 aliphatic rings. The van der Waals surface area contributed by atoms with Crippen molar-refractivity contribution < 1.29 is 34.4 Å². The molecule has 0 rings (SSSR count). The topological polar surface area (TPSA) is 92.8 Å². The maximum absolute atomic E-state index is 9.15. The van der Waals surface area contributed by atoms with E-state index in [9.17, 15) is 0 Å². The molecule has 0 aliphatic heterocycles. The van der Waals surface area contributed by atoms with Crippen LogP contribution < -0.4 is 4.90 Å². The zero-order valence-electron chi connectivity index (χ0n) is 14.2. The van der Waals surface area contributed by atoms with Gasteiger partial charge in [-0.1, -0.05) is 0 Å². The lowest BCUT2D eigenvalue weighted by Gasteiger charge is -2.20. The Bertz CT molecular complexity index is 200. The minimum Gasteiger partial charge on any atom is -0.391 e. The van der Waals surface area contributed by atoms with Gasteiger partial charge in [-0.15, -0.1) is 0 Å². The van der Waals surface area contributed by atoms with Gasteiger partial charge in [0.15, 0.2) is 0 Å². The van der Waals surface area contributed by atoms with Crippen LogP contribution in [0.1, 0.15) is 20.8 Å². The summed E-state index contributed by atoms with van der Waals surface area (Å²) in [4.78, 5) is 1.27. The summed E-state index contributed by atoms with van der Waals surface area (Å²) in [6, 6.07) is 0. The minimum absolute atomic E-state index is 0.338. The van der Waals surface area contributed by atoms with Crippen molar-refractivity contribution >= 4 is 0 Å². The minimum atomic E-state index is -0.452. The Morgan fingerprint density at radius 2 is 0.909 bits per heavy atom. The average Bonchev–Trinajstić information content (AvgIpc) is 2.42. The molecule has 0 aromatic heterocycles. The number of aliphatic hydroxyl groups excluding tert-OH is 3. The average molecular weight is 324 g/mol. The fraction of sp³-hybridized carbons (Fsp3) is 1.00. The number of hydrogen-bond donors (Lipinski definition) is 4. The molecule has 0 fully saturated rings. The van der Waals surface area contributed by atoms with Gasteiger partial charge in [-0.05, 0) is 20.8 Å². The van der Waals surface area contributed by atoms with Gasteiger partial charge < -0.3 is 34.4 Å². The Balaban J connectivity index is 3.86. The third-order valence-corrected chi connectivity index (χ3v) is 2.88. The first-order valence-electron chi connectivity index (χ1n) is 8.02. The number of nitrogens with one attached hydrogen (secondary N) is 1. The quantitative estimate of drug-likeness (QED) is 0.262. The standard InChI is InChI=1S/C15H33NO6/c1-13(17)10-20-7-4-16(5-8-21-11-14(2)18)6-9-22-12-15(3)19/h13-15,17-19H,4-12H2,1-3H3/p+1. The molecule has 0 radical (unpaired) electrons.